The molecule has 158 valence electrons. The predicted octanol–water partition coefficient (Wildman–Crippen LogP) is 2.70. The first kappa shape index (κ1) is 22.5. The maximum absolute atomic E-state index is 12.7. The lowest BCUT2D eigenvalue weighted by atomic mass is 10.2. The Morgan fingerprint density at radius 1 is 1.03 bits per heavy atom. The van der Waals surface area contributed by atoms with Crippen molar-refractivity contribution in [2.75, 3.05) is 38.9 Å². The minimum Gasteiger partial charge on any atom is -0.497 e. The Morgan fingerprint density at radius 2 is 1.72 bits per heavy atom. The van der Waals surface area contributed by atoms with Crippen molar-refractivity contribution in [3.05, 3.63) is 42.0 Å². The first-order chi connectivity index (χ1) is 13.6. The van der Waals surface area contributed by atoms with Gasteiger partial charge in [0.05, 0.1) is 24.8 Å². The van der Waals surface area contributed by atoms with Gasteiger partial charge in [0.15, 0.2) is 0 Å². The van der Waals surface area contributed by atoms with Crippen LogP contribution in [-0.4, -0.2) is 53.0 Å². The summed E-state index contributed by atoms with van der Waals surface area (Å²) in [6.07, 6.45) is 0. The molecule has 1 amide bonds. The molecule has 0 heterocycles. The molecule has 0 fully saturated rings. The Bertz CT molecular complexity index is 990. The van der Waals surface area contributed by atoms with Crippen LogP contribution in [0.2, 0.25) is 0 Å². The summed E-state index contributed by atoms with van der Waals surface area (Å²) in [6.45, 7) is 3.49. The number of anilines is 2. The van der Waals surface area contributed by atoms with Crippen LogP contribution in [0.3, 0.4) is 0 Å². The molecule has 2 N–H and O–H groups in total. The number of ether oxygens (including phenoxy) is 2. The fraction of sp³-hybridized carbons (Fsp3) is 0.350. The molecule has 8 nitrogen and oxygen atoms in total. The number of rotatable bonds is 8. The highest BCUT2D eigenvalue weighted by molar-refractivity contribution is 7.89. The molecule has 2 aromatic carbocycles. The van der Waals surface area contributed by atoms with E-state index < -0.39 is 16.1 Å². The highest BCUT2D eigenvalue weighted by atomic mass is 32.2. The van der Waals surface area contributed by atoms with Gasteiger partial charge < -0.3 is 20.1 Å². The number of methoxy groups -OCH3 is 2. The van der Waals surface area contributed by atoms with Gasteiger partial charge in [0.1, 0.15) is 17.5 Å². The van der Waals surface area contributed by atoms with E-state index in [-0.39, 0.29) is 10.8 Å². The fourth-order valence-electron chi connectivity index (χ4n) is 2.57. The van der Waals surface area contributed by atoms with Crippen LogP contribution in [0.1, 0.15) is 12.5 Å². The Balaban J connectivity index is 2.22. The minimum absolute atomic E-state index is 0.110. The molecular weight excluding hydrogens is 394 g/mol. The summed E-state index contributed by atoms with van der Waals surface area (Å²) < 4.78 is 36.4. The van der Waals surface area contributed by atoms with Gasteiger partial charge in [0, 0.05) is 25.8 Å². The van der Waals surface area contributed by atoms with Crippen molar-refractivity contribution >= 4 is 27.3 Å². The first-order valence-electron chi connectivity index (χ1n) is 8.92. The van der Waals surface area contributed by atoms with E-state index in [1.165, 1.54) is 33.3 Å². The lowest BCUT2D eigenvalue weighted by Gasteiger charge is -2.19. The van der Waals surface area contributed by atoms with E-state index in [4.69, 9.17) is 9.47 Å². The van der Waals surface area contributed by atoms with Gasteiger partial charge >= 0.3 is 0 Å². The number of aryl methyl sites for hydroxylation is 1. The molecule has 0 aliphatic carbocycles. The molecule has 0 spiro atoms. The summed E-state index contributed by atoms with van der Waals surface area (Å²) in [5.74, 6) is 0.872. The predicted molar refractivity (Wildman–Crippen MR) is 113 cm³/mol. The molecule has 0 bridgehead atoms. The third-order valence-corrected chi connectivity index (χ3v) is 6.23. The average Bonchev–Trinajstić information content (AvgIpc) is 2.69. The molecular formula is C20H27N3O5S. The monoisotopic (exact) mass is 421 g/mol. The zero-order chi connectivity index (χ0) is 21.8. The number of nitrogens with zero attached hydrogens (tertiary/aromatic N) is 1. The van der Waals surface area contributed by atoms with Gasteiger partial charge in [-0.3, -0.25) is 4.79 Å². The molecule has 29 heavy (non-hydrogen) atoms. The molecule has 9 heteroatoms. The van der Waals surface area contributed by atoms with Crippen LogP contribution in [0.15, 0.2) is 41.3 Å². The second kappa shape index (κ2) is 9.15. The third kappa shape index (κ3) is 5.18. The SMILES string of the molecule is COc1ccc(OC)c(N[C@@H](C)C(=O)Nc2cc(S(=O)(=O)N(C)C)ccc2C)c1. The second-order valence-corrected chi connectivity index (χ2v) is 8.84. The molecule has 1 atom stereocenters. The molecule has 2 aromatic rings. The lowest BCUT2D eigenvalue weighted by Crippen LogP contribution is -2.32. The van der Waals surface area contributed by atoms with E-state index >= 15 is 0 Å². The van der Waals surface area contributed by atoms with Crippen LogP contribution < -0.4 is 20.1 Å². The van der Waals surface area contributed by atoms with E-state index in [2.05, 4.69) is 10.6 Å². The first-order valence-corrected chi connectivity index (χ1v) is 10.4. The van der Waals surface area contributed by atoms with Gasteiger partial charge in [-0.15, -0.1) is 0 Å². The van der Waals surface area contributed by atoms with Crippen molar-refractivity contribution in [1.82, 2.24) is 4.31 Å². The molecule has 0 saturated heterocycles. The summed E-state index contributed by atoms with van der Waals surface area (Å²) >= 11 is 0. The second-order valence-electron chi connectivity index (χ2n) is 6.69. The van der Waals surface area contributed by atoms with Crippen LogP contribution >= 0.6 is 0 Å². The van der Waals surface area contributed by atoms with E-state index in [1.54, 1.807) is 45.2 Å². The molecule has 0 radical (unpaired) electrons. The lowest BCUT2D eigenvalue weighted by molar-refractivity contribution is -0.116. The standard InChI is InChI=1S/C20H27N3O5S/c1-13-7-9-16(29(25,26)23(3)4)12-17(13)22-20(24)14(2)21-18-11-15(27-5)8-10-19(18)28-6/h7-12,14,21H,1-6H3,(H,22,24)/t14-/m0/s1. The van der Waals surface area contributed by atoms with Crippen LogP contribution in [-0.2, 0) is 14.8 Å². The van der Waals surface area contributed by atoms with Gasteiger partial charge in [-0.2, -0.15) is 0 Å². The number of amides is 1. The smallest absolute Gasteiger partial charge is 0.246 e. The fourth-order valence-corrected chi connectivity index (χ4v) is 3.50. The molecule has 0 saturated carbocycles. The van der Waals surface area contributed by atoms with Crippen LogP contribution in [0.25, 0.3) is 0 Å². The molecule has 0 aromatic heterocycles. The maximum Gasteiger partial charge on any atom is 0.246 e. The van der Waals surface area contributed by atoms with Gasteiger partial charge in [-0.25, -0.2) is 12.7 Å². The molecule has 0 aliphatic heterocycles. The molecule has 0 unspecified atom stereocenters. The highest BCUT2D eigenvalue weighted by Crippen LogP contribution is 2.29. The summed E-state index contributed by atoms with van der Waals surface area (Å²) in [5, 5.41) is 5.89. The van der Waals surface area contributed by atoms with Gasteiger partial charge in [0.2, 0.25) is 15.9 Å². The van der Waals surface area contributed by atoms with Crippen molar-refractivity contribution in [3.8, 4) is 11.5 Å². The molecule has 2 rings (SSSR count). The highest BCUT2D eigenvalue weighted by Gasteiger charge is 2.20. The Labute approximate surface area is 171 Å². The number of carbonyl (C=O) groups excluding carboxylic acids is 1. The van der Waals surface area contributed by atoms with Crippen molar-refractivity contribution in [3.63, 3.8) is 0 Å². The Morgan fingerprint density at radius 3 is 2.31 bits per heavy atom. The largest absolute Gasteiger partial charge is 0.497 e. The van der Waals surface area contributed by atoms with E-state index in [1.807, 2.05) is 0 Å². The Kier molecular flexibility index (Phi) is 7.10. The zero-order valence-electron chi connectivity index (χ0n) is 17.4. The topological polar surface area (TPSA) is 97.0 Å². The number of hydrogen-bond acceptors (Lipinski definition) is 6. The number of sulfonamides is 1. The Hall–Kier alpha value is -2.78. The number of nitrogens with one attached hydrogen (secondary N) is 2. The van der Waals surface area contributed by atoms with Crippen molar-refractivity contribution in [2.24, 2.45) is 0 Å². The van der Waals surface area contributed by atoms with Gasteiger partial charge in [-0.1, -0.05) is 6.07 Å². The third-order valence-electron chi connectivity index (χ3n) is 4.42. The number of benzene rings is 2. The summed E-state index contributed by atoms with van der Waals surface area (Å²) in [7, 11) is 2.41. The van der Waals surface area contributed by atoms with Gasteiger partial charge in [-0.05, 0) is 43.7 Å². The van der Waals surface area contributed by atoms with Gasteiger partial charge in [0.25, 0.3) is 0 Å². The van der Waals surface area contributed by atoms with Crippen molar-refractivity contribution < 1.29 is 22.7 Å². The number of hydrogen-bond donors (Lipinski definition) is 2. The van der Waals surface area contributed by atoms with Crippen LogP contribution in [0.5, 0.6) is 11.5 Å². The van der Waals surface area contributed by atoms with Crippen molar-refractivity contribution in [1.29, 1.82) is 0 Å². The summed E-state index contributed by atoms with van der Waals surface area (Å²) in [6, 6.07) is 9.25. The average molecular weight is 422 g/mol. The quantitative estimate of drug-likeness (QED) is 0.680. The molecule has 0 aliphatic rings. The maximum atomic E-state index is 12.7. The summed E-state index contributed by atoms with van der Waals surface area (Å²) in [5.41, 5.74) is 1.79. The number of carbonyl (C=O) groups is 1. The van der Waals surface area contributed by atoms with Crippen LogP contribution in [0, 0.1) is 6.92 Å². The minimum atomic E-state index is -3.60. The van der Waals surface area contributed by atoms with Crippen LogP contribution in [0.4, 0.5) is 11.4 Å². The summed E-state index contributed by atoms with van der Waals surface area (Å²) in [4.78, 5) is 12.8. The van der Waals surface area contributed by atoms with E-state index in [0.29, 0.717) is 22.9 Å². The van der Waals surface area contributed by atoms with Crippen molar-refractivity contribution in [2.45, 2.75) is 24.8 Å². The van der Waals surface area contributed by atoms with E-state index in [9.17, 15) is 13.2 Å². The zero-order valence-corrected chi connectivity index (χ0v) is 18.3. The van der Waals surface area contributed by atoms with E-state index in [0.717, 1.165) is 9.87 Å². The normalized spacial score (nSPS) is 12.4.